The second kappa shape index (κ2) is 11.7. The summed E-state index contributed by atoms with van der Waals surface area (Å²) in [6, 6.07) is 8.60. The number of nitrogens with one attached hydrogen (secondary N) is 2. The van der Waals surface area contributed by atoms with Crippen molar-refractivity contribution in [3.05, 3.63) is 35.4 Å². The molecular formula is C18H32IN5. The Morgan fingerprint density at radius 3 is 2.54 bits per heavy atom. The Labute approximate surface area is 163 Å². The molecule has 0 spiro atoms. The number of benzene rings is 1. The third-order valence-electron chi connectivity index (χ3n) is 4.34. The van der Waals surface area contributed by atoms with Crippen LogP contribution in [0.5, 0.6) is 0 Å². The van der Waals surface area contributed by atoms with E-state index in [2.05, 4.69) is 63.7 Å². The van der Waals surface area contributed by atoms with E-state index >= 15 is 0 Å². The smallest absolute Gasteiger partial charge is 0.191 e. The molecule has 136 valence electrons. The summed E-state index contributed by atoms with van der Waals surface area (Å²) in [6.45, 7) is 9.64. The number of aliphatic imine (C=N–C) groups is 1. The van der Waals surface area contributed by atoms with E-state index in [1.165, 1.54) is 37.2 Å². The van der Waals surface area contributed by atoms with Crippen LogP contribution >= 0.6 is 24.0 Å². The van der Waals surface area contributed by atoms with Gasteiger partial charge in [0.1, 0.15) is 0 Å². The van der Waals surface area contributed by atoms with Crippen molar-refractivity contribution in [1.82, 2.24) is 20.4 Å². The van der Waals surface area contributed by atoms with Gasteiger partial charge in [0.25, 0.3) is 0 Å². The maximum Gasteiger partial charge on any atom is 0.191 e. The van der Waals surface area contributed by atoms with Crippen LogP contribution < -0.4 is 10.6 Å². The van der Waals surface area contributed by atoms with Crippen LogP contribution in [0.15, 0.2) is 29.3 Å². The molecule has 0 unspecified atom stereocenters. The lowest BCUT2D eigenvalue weighted by molar-refractivity contribution is 0.280. The standard InChI is InChI=1S/C18H31N5.HI/c1-16-5-7-17(8-6-16)15-21-18(19-2)20-9-12-23-11-4-10-22(3)13-14-23;/h5-8H,4,9-15H2,1-3H3,(H2,19,20,21);1H. The minimum atomic E-state index is 0. The van der Waals surface area contributed by atoms with E-state index in [0.29, 0.717) is 0 Å². The SMILES string of the molecule is CN=C(NCCN1CCCN(C)CC1)NCc1ccc(C)cc1.I. The van der Waals surface area contributed by atoms with Crippen molar-refractivity contribution in [2.75, 3.05) is 53.4 Å². The molecule has 0 atom stereocenters. The lowest BCUT2D eigenvalue weighted by Gasteiger charge is -2.21. The summed E-state index contributed by atoms with van der Waals surface area (Å²) in [5.74, 6) is 0.873. The maximum absolute atomic E-state index is 4.30. The summed E-state index contributed by atoms with van der Waals surface area (Å²) >= 11 is 0. The zero-order valence-corrected chi connectivity index (χ0v) is 17.5. The first kappa shape index (κ1) is 21.2. The van der Waals surface area contributed by atoms with Crippen molar-refractivity contribution in [3.8, 4) is 0 Å². The first-order valence-corrected chi connectivity index (χ1v) is 8.58. The van der Waals surface area contributed by atoms with Crippen molar-refractivity contribution in [3.63, 3.8) is 0 Å². The number of guanidine groups is 1. The molecule has 6 heteroatoms. The summed E-state index contributed by atoms with van der Waals surface area (Å²) in [6.07, 6.45) is 1.26. The minimum absolute atomic E-state index is 0. The number of rotatable bonds is 5. The molecule has 1 heterocycles. The maximum atomic E-state index is 4.30. The van der Waals surface area contributed by atoms with Crippen molar-refractivity contribution in [1.29, 1.82) is 0 Å². The summed E-state index contributed by atoms with van der Waals surface area (Å²) < 4.78 is 0. The predicted octanol–water partition coefficient (Wildman–Crippen LogP) is 1.92. The second-order valence-corrected chi connectivity index (χ2v) is 6.34. The number of aryl methyl sites for hydroxylation is 1. The lowest BCUT2D eigenvalue weighted by Crippen LogP contribution is -2.42. The van der Waals surface area contributed by atoms with E-state index in [1.807, 2.05) is 7.05 Å². The van der Waals surface area contributed by atoms with Crippen LogP contribution in [0, 0.1) is 6.92 Å². The van der Waals surface area contributed by atoms with Gasteiger partial charge in [-0.2, -0.15) is 0 Å². The third-order valence-corrected chi connectivity index (χ3v) is 4.34. The van der Waals surface area contributed by atoms with Crippen LogP contribution in [0.25, 0.3) is 0 Å². The van der Waals surface area contributed by atoms with E-state index in [9.17, 15) is 0 Å². The fourth-order valence-electron chi connectivity index (χ4n) is 2.77. The number of halogens is 1. The topological polar surface area (TPSA) is 42.9 Å². The molecule has 5 nitrogen and oxygen atoms in total. The first-order chi connectivity index (χ1) is 11.2. The molecule has 0 saturated carbocycles. The van der Waals surface area contributed by atoms with E-state index in [0.717, 1.165) is 32.1 Å². The average Bonchev–Trinajstić information content (AvgIpc) is 2.77. The zero-order valence-electron chi connectivity index (χ0n) is 15.2. The molecule has 24 heavy (non-hydrogen) atoms. The van der Waals surface area contributed by atoms with Gasteiger partial charge in [-0.25, -0.2) is 0 Å². The predicted molar refractivity (Wildman–Crippen MR) is 113 cm³/mol. The number of hydrogen-bond donors (Lipinski definition) is 2. The summed E-state index contributed by atoms with van der Waals surface area (Å²) in [5.41, 5.74) is 2.56. The molecule has 0 bridgehead atoms. The summed E-state index contributed by atoms with van der Waals surface area (Å²) in [7, 11) is 4.03. The van der Waals surface area contributed by atoms with Crippen molar-refractivity contribution in [2.24, 2.45) is 4.99 Å². The first-order valence-electron chi connectivity index (χ1n) is 8.58. The van der Waals surface area contributed by atoms with Gasteiger partial charge < -0.3 is 20.4 Å². The molecule has 1 aromatic rings. The normalized spacial score (nSPS) is 17.0. The van der Waals surface area contributed by atoms with Gasteiger partial charge in [0, 0.05) is 39.8 Å². The Bertz CT molecular complexity index is 489. The van der Waals surface area contributed by atoms with Crippen LogP contribution in [0.1, 0.15) is 17.5 Å². The molecule has 1 aliphatic rings. The van der Waals surface area contributed by atoms with Gasteiger partial charge in [0.05, 0.1) is 0 Å². The van der Waals surface area contributed by atoms with Crippen LogP contribution in [0.3, 0.4) is 0 Å². The number of nitrogens with zero attached hydrogens (tertiary/aromatic N) is 3. The lowest BCUT2D eigenvalue weighted by atomic mass is 10.1. The van der Waals surface area contributed by atoms with E-state index in [1.54, 1.807) is 0 Å². The van der Waals surface area contributed by atoms with E-state index in [-0.39, 0.29) is 24.0 Å². The highest BCUT2D eigenvalue weighted by Crippen LogP contribution is 2.02. The highest BCUT2D eigenvalue weighted by Gasteiger charge is 2.11. The molecule has 0 radical (unpaired) electrons. The molecule has 1 aromatic carbocycles. The number of likely N-dealkylation sites (N-methyl/N-ethyl adjacent to an activating group) is 1. The summed E-state index contributed by atoms with van der Waals surface area (Å²) in [4.78, 5) is 9.25. The van der Waals surface area contributed by atoms with Gasteiger partial charge in [0.2, 0.25) is 0 Å². The summed E-state index contributed by atoms with van der Waals surface area (Å²) in [5, 5.41) is 6.79. The fraction of sp³-hybridized carbons (Fsp3) is 0.611. The van der Waals surface area contributed by atoms with Crippen molar-refractivity contribution >= 4 is 29.9 Å². The molecule has 0 aromatic heterocycles. The van der Waals surface area contributed by atoms with Gasteiger partial charge in [0.15, 0.2) is 5.96 Å². The molecule has 1 aliphatic heterocycles. The Balaban J connectivity index is 0.00000288. The average molecular weight is 445 g/mol. The van der Waals surface area contributed by atoms with Crippen molar-refractivity contribution in [2.45, 2.75) is 19.9 Å². The van der Waals surface area contributed by atoms with E-state index in [4.69, 9.17) is 0 Å². The molecular weight excluding hydrogens is 413 g/mol. The quantitative estimate of drug-likeness (QED) is 0.413. The van der Waals surface area contributed by atoms with Gasteiger partial charge in [-0.05, 0) is 39.0 Å². The Morgan fingerprint density at radius 2 is 1.83 bits per heavy atom. The molecule has 1 fully saturated rings. The minimum Gasteiger partial charge on any atom is -0.355 e. The van der Waals surface area contributed by atoms with Crippen molar-refractivity contribution < 1.29 is 0 Å². The Kier molecular flexibility index (Phi) is 10.3. The molecule has 0 amide bonds. The Hall–Kier alpha value is -0.860. The third kappa shape index (κ3) is 7.81. The van der Waals surface area contributed by atoms with Gasteiger partial charge in [-0.1, -0.05) is 29.8 Å². The largest absolute Gasteiger partial charge is 0.355 e. The van der Waals surface area contributed by atoms with Crippen LogP contribution in [-0.2, 0) is 6.54 Å². The Morgan fingerprint density at radius 1 is 1.08 bits per heavy atom. The number of hydrogen-bond acceptors (Lipinski definition) is 3. The molecule has 1 saturated heterocycles. The van der Waals surface area contributed by atoms with Gasteiger partial charge >= 0.3 is 0 Å². The molecule has 2 N–H and O–H groups in total. The van der Waals surface area contributed by atoms with Crippen LogP contribution in [-0.4, -0.2) is 69.1 Å². The monoisotopic (exact) mass is 445 g/mol. The van der Waals surface area contributed by atoms with Gasteiger partial charge in [-0.15, -0.1) is 24.0 Å². The molecule has 0 aliphatic carbocycles. The highest BCUT2D eigenvalue weighted by atomic mass is 127. The second-order valence-electron chi connectivity index (χ2n) is 6.34. The fourth-order valence-corrected chi connectivity index (χ4v) is 2.77. The highest BCUT2D eigenvalue weighted by molar-refractivity contribution is 14.0. The van der Waals surface area contributed by atoms with Crippen LogP contribution in [0.2, 0.25) is 0 Å². The van der Waals surface area contributed by atoms with Crippen LogP contribution in [0.4, 0.5) is 0 Å². The van der Waals surface area contributed by atoms with E-state index < -0.39 is 0 Å². The zero-order chi connectivity index (χ0) is 16.5. The van der Waals surface area contributed by atoms with Gasteiger partial charge in [-0.3, -0.25) is 4.99 Å². The molecule has 2 rings (SSSR count).